The number of carbonyl (C=O) groups excluding carboxylic acids is 2. The lowest BCUT2D eigenvalue weighted by atomic mass is 9.91. The summed E-state index contributed by atoms with van der Waals surface area (Å²) in [7, 11) is 3.62. The Morgan fingerprint density at radius 3 is 2.52 bits per heavy atom. The van der Waals surface area contributed by atoms with Gasteiger partial charge in [0.05, 0.1) is 0 Å². The van der Waals surface area contributed by atoms with Crippen LogP contribution in [0.1, 0.15) is 23.2 Å². The molecule has 120 valence electrons. The molecule has 0 saturated heterocycles. The van der Waals surface area contributed by atoms with E-state index in [0.717, 1.165) is 0 Å². The maximum atomic E-state index is 12.1. The maximum Gasteiger partial charge on any atom is 0.278 e. The number of aliphatic imine (C=N–C) groups is 1. The van der Waals surface area contributed by atoms with E-state index in [1.165, 1.54) is 0 Å². The predicted molar refractivity (Wildman–Crippen MR) is 88.1 cm³/mol. The van der Waals surface area contributed by atoms with E-state index in [2.05, 4.69) is 4.99 Å². The molecular weight excluding hydrogens is 294 g/mol. The lowest BCUT2D eigenvalue weighted by Gasteiger charge is -2.19. The van der Waals surface area contributed by atoms with Gasteiger partial charge in [0.25, 0.3) is 5.91 Å². The number of nitrogens with two attached hydrogens (primary N) is 1. The van der Waals surface area contributed by atoms with E-state index in [0.29, 0.717) is 17.6 Å². The van der Waals surface area contributed by atoms with Crippen LogP contribution in [0, 0.1) is 0 Å². The van der Waals surface area contributed by atoms with Crippen molar-refractivity contribution in [2.24, 2.45) is 10.7 Å². The van der Waals surface area contributed by atoms with Crippen LogP contribution < -0.4 is 5.73 Å². The molecule has 6 heteroatoms. The smallest absolute Gasteiger partial charge is 0.278 e. The summed E-state index contributed by atoms with van der Waals surface area (Å²) >= 11 is 0. The summed E-state index contributed by atoms with van der Waals surface area (Å²) in [5.74, 6) is -1.34. The Labute approximate surface area is 134 Å². The summed E-state index contributed by atoms with van der Waals surface area (Å²) in [6, 6.07) is 8.40. The Bertz CT molecular complexity index is 716. The van der Waals surface area contributed by atoms with Gasteiger partial charge in [-0.2, -0.15) is 4.99 Å². The normalized spacial score (nSPS) is 17.6. The predicted octanol–water partition coefficient (Wildman–Crippen LogP) is 1.80. The third kappa shape index (κ3) is 3.85. The highest BCUT2D eigenvalue weighted by Gasteiger charge is 2.27. The first-order chi connectivity index (χ1) is 10.9. The molecule has 0 atom stereocenters. The fraction of sp³-hybridized carbons (Fsp3) is 0.235. The summed E-state index contributed by atoms with van der Waals surface area (Å²) in [5, 5.41) is 10.3. The molecule has 2 rings (SSSR count). The molecule has 0 heterocycles. The van der Waals surface area contributed by atoms with Crippen molar-refractivity contribution in [1.82, 2.24) is 4.90 Å². The highest BCUT2D eigenvalue weighted by atomic mass is 16.3. The van der Waals surface area contributed by atoms with Crippen molar-refractivity contribution >= 4 is 17.5 Å². The Morgan fingerprint density at radius 1 is 1.26 bits per heavy atom. The molecule has 1 amide bonds. The van der Waals surface area contributed by atoms with Crippen LogP contribution in [0.15, 0.2) is 58.4 Å². The maximum absolute atomic E-state index is 12.1. The number of ketones is 1. The molecule has 6 nitrogen and oxygen atoms in total. The van der Waals surface area contributed by atoms with Crippen LogP contribution in [0.4, 0.5) is 0 Å². The third-order valence-electron chi connectivity index (χ3n) is 3.35. The molecule has 1 aromatic rings. The number of amides is 1. The minimum Gasteiger partial charge on any atom is -0.507 e. The van der Waals surface area contributed by atoms with E-state index in [9.17, 15) is 14.7 Å². The molecule has 0 aliphatic heterocycles. The zero-order chi connectivity index (χ0) is 17.0. The Morgan fingerprint density at radius 2 is 1.91 bits per heavy atom. The van der Waals surface area contributed by atoms with E-state index >= 15 is 0 Å². The monoisotopic (exact) mass is 313 g/mol. The number of rotatable bonds is 3. The summed E-state index contributed by atoms with van der Waals surface area (Å²) in [4.78, 5) is 29.7. The molecular formula is C17H19N3O3. The first kappa shape index (κ1) is 16.5. The molecule has 1 aliphatic carbocycles. The zero-order valence-electron chi connectivity index (χ0n) is 13.1. The molecule has 3 N–H and O–H groups in total. The third-order valence-corrected chi connectivity index (χ3v) is 3.35. The van der Waals surface area contributed by atoms with Crippen LogP contribution in [0.5, 0.6) is 0 Å². The molecule has 23 heavy (non-hydrogen) atoms. The summed E-state index contributed by atoms with van der Waals surface area (Å²) < 4.78 is 0. The standard InChI is InChI=1S/C17H19N3O3/c1-20(2)10-12-8-9-13(21)14(15(12)22)16(18)19-17(23)11-6-4-3-5-7-11/h3-7,10,22H,8-9H2,1-2H3,(H2,18,19,23)/b12-10+. The highest BCUT2D eigenvalue weighted by Crippen LogP contribution is 2.26. The van der Waals surface area contributed by atoms with Gasteiger partial charge in [-0.3, -0.25) is 9.59 Å². The lowest BCUT2D eigenvalue weighted by molar-refractivity contribution is -0.115. The number of allylic oxidation sites excluding steroid dienone is 1. The first-order valence-electron chi connectivity index (χ1n) is 7.18. The van der Waals surface area contributed by atoms with Gasteiger partial charge in [-0.25, -0.2) is 0 Å². The van der Waals surface area contributed by atoms with Crippen LogP contribution >= 0.6 is 0 Å². The van der Waals surface area contributed by atoms with Gasteiger partial charge in [-0.15, -0.1) is 0 Å². The largest absolute Gasteiger partial charge is 0.507 e. The number of Topliss-reactive ketones (excluding diaryl/α,β-unsaturated/α-hetero) is 1. The summed E-state index contributed by atoms with van der Waals surface area (Å²) in [6.07, 6.45) is 2.36. The second kappa shape index (κ2) is 6.91. The average Bonchev–Trinajstić information content (AvgIpc) is 2.51. The number of hydrogen-bond donors (Lipinski definition) is 2. The van der Waals surface area contributed by atoms with Crippen molar-refractivity contribution in [1.29, 1.82) is 0 Å². The molecule has 0 saturated carbocycles. The van der Waals surface area contributed by atoms with Gasteiger partial charge in [-0.1, -0.05) is 18.2 Å². The first-order valence-corrected chi connectivity index (χ1v) is 7.18. The molecule has 0 bridgehead atoms. The van der Waals surface area contributed by atoms with Crippen LogP contribution in [0.25, 0.3) is 0 Å². The van der Waals surface area contributed by atoms with Crippen LogP contribution in [-0.4, -0.2) is 41.6 Å². The fourth-order valence-electron chi connectivity index (χ4n) is 2.30. The van der Waals surface area contributed by atoms with Gasteiger partial charge in [0, 0.05) is 37.9 Å². The zero-order valence-corrected chi connectivity index (χ0v) is 13.1. The minimum atomic E-state index is -0.556. The van der Waals surface area contributed by atoms with Gasteiger partial charge >= 0.3 is 0 Å². The van der Waals surface area contributed by atoms with Crippen molar-refractivity contribution in [3.8, 4) is 0 Å². The van der Waals surface area contributed by atoms with Gasteiger partial charge in [-0.05, 0) is 18.6 Å². The SMILES string of the molecule is CN(C)/C=C1\CCC(=O)C(C(N)=NC(=O)c2ccccc2)=C1O. The van der Waals surface area contributed by atoms with Gasteiger partial charge in [0.15, 0.2) is 5.78 Å². The molecule has 0 spiro atoms. The average molecular weight is 313 g/mol. The molecule has 0 radical (unpaired) electrons. The number of carbonyl (C=O) groups is 2. The van der Waals surface area contributed by atoms with Crippen LogP contribution in [-0.2, 0) is 4.79 Å². The number of aliphatic hydroxyl groups excluding tert-OH is 1. The van der Waals surface area contributed by atoms with Crippen molar-refractivity contribution in [2.75, 3.05) is 14.1 Å². The van der Waals surface area contributed by atoms with Crippen molar-refractivity contribution in [3.05, 3.63) is 59.0 Å². The molecule has 0 fully saturated rings. The quantitative estimate of drug-likeness (QED) is 0.655. The highest BCUT2D eigenvalue weighted by molar-refractivity contribution is 6.24. The van der Waals surface area contributed by atoms with E-state index in [1.807, 2.05) is 14.1 Å². The van der Waals surface area contributed by atoms with Crippen LogP contribution in [0.3, 0.4) is 0 Å². The molecule has 0 unspecified atom stereocenters. The summed E-state index contributed by atoms with van der Waals surface area (Å²) in [6.45, 7) is 0. The number of amidine groups is 1. The number of aliphatic hydroxyl groups is 1. The number of nitrogens with zero attached hydrogens (tertiary/aromatic N) is 2. The van der Waals surface area contributed by atoms with Gasteiger partial charge in [0.2, 0.25) is 0 Å². The van der Waals surface area contributed by atoms with Crippen LogP contribution in [0.2, 0.25) is 0 Å². The molecule has 1 aliphatic rings. The van der Waals surface area contributed by atoms with E-state index < -0.39 is 5.91 Å². The second-order valence-corrected chi connectivity index (χ2v) is 5.43. The van der Waals surface area contributed by atoms with Crippen molar-refractivity contribution in [2.45, 2.75) is 12.8 Å². The Kier molecular flexibility index (Phi) is 4.95. The fourth-order valence-corrected chi connectivity index (χ4v) is 2.30. The second-order valence-electron chi connectivity index (χ2n) is 5.43. The topological polar surface area (TPSA) is 96.0 Å². The number of benzene rings is 1. The number of hydrogen-bond acceptors (Lipinski definition) is 4. The van der Waals surface area contributed by atoms with Crippen molar-refractivity contribution in [3.63, 3.8) is 0 Å². The van der Waals surface area contributed by atoms with E-state index in [-0.39, 0.29) is 29.4 Å². The van der Waals surface area contributed by atoms with Crippen molar-refractivity contribution < 1.29 is 14.7 Å². The van der Waals surface area contributed by atoms with E-state index in [4.69, 9.17) is 5.73 Å². The molecule has 0 aromatic heterocycles. The minimum absolute atomic E-state index is 0.0892. The lowest BCUT2D eigenvalue weighted by Crippen LogP contribution is -2.28. The van der Waals surface area contributed by atoms with Gasteiger partial charge in [0.1, 0.15) is 17.2 Å². The Balaban J connectivity index is 2.39. The van der Waals surface area contributed by atoms with Gasteiger partial charge < -0.3 is 15.7 Å². The molecule has 1 aromatic carbocycles. The Hall–Kier alpha value is -2.89. The summed E-state index contributed by atoms with van der Waals surface area (Å²) in [5.41, 5.74) is 6.68. The van der Waals surface area contributed by atoms with E-state index in [1.54, 1.807) is 41.4 Å².